The summed E-state index contributed by atoms with van der Waals surface area (Å²) in [6.45, 7) is 0.751. The number of benzene rings is 2. The summed E-state index contributed by atoms with van der Waals surface area (Å²) in [5.41, 5.74) is 1.45. The van der Waals surface area contributed by atoms with Crippen LogP contribution >= 0.6 is 0 Å². The minimum Gasteiger partial charge on any atom is -0.455 e. The monoisotopic (exact) mass is 400 g/mol. The molecule has 0 spiro atoms. The van der Waals surface area contributed by atoms with Gasteiger partial charge in [-0.1, -0.05) is 24.3 Å². The lowest BCUT2D eigenvalue weighted by molar-refractivity contribution is -0.149. The number of fused-ring (bicyclic) bond motifs is 1. The Kier molecular flexibility index (Phi) is 6.01. The first-order valence-electron chi connectivity index (χ1n) is 8.81. The molecule has 0 aliphatic carbocycles. The first-order valence-corrected chi connectivity index (χ1v) is 8.81. The van der Waals surface area contributed by atoms with Crippen LogP contribution < -0.4 is 5.32 Å². The number of ether oxygens (including phenoxy) is 1. The Labute approximate surface area is 165 Å². The Morgan fingerprint density at radius 3 is 2.62 bits per heavy atom. The number of anilines is 1. The van der Waals surface area contributed by atoms with Crippen LogP contribution in [0.15, 0.2) is 48.7 Å². The van der Waals surface area contributed by atoms with Gasteiger partial charge in [0, 0.05) is 19.2 Å². The van der Waals surface area contributed by atoms with Crippen LogP contribution in [-0.2, 0) is 19.1 Å². The standard InChI is InChI=1S/C21H18F2N2O4/c1-13(26)25-9-8-14-4-2-3-5-16(14)19(25)11-21(28)29-12-20(27)24-18-7-6-15(22)10-17(18)23/h2-10,19H,11-12H2,1H3,(H,24,27)/t19-/m0/s1. The van der Waals surface area contributed by atoms with Crippen molar-refractivity contribution in [3.63, 3.8) is 0 Å². The Hall–Kier alpha value is -3.55. The maximum atomic E-state index is 13.6. The Morgan fingerprint density at radius 2 is 1.90 bits per heavy atom. The van der Waals surface area contributed by atoms with E-state index in [0.29, 0.717) is 6.07 Å². The molecule has 2 aromatic rings. The van der Waals surface area contributed by atoms with E-state index < -0.39 is 36.2 Å². The molecule has 0 fully saturated rings. The van der Waals surface area contributed by atoms with Crippen molar-refractivity contribution in [1.82, 2.24) is 4.90 Å². The topological polar surface area (TPSA) is 75.7 Å². The predicted molar refractivity (Wildman–Crippen MR) is 101 cm³/mol. The minimum absolute atomic E-state index is 0.154. The summed E-state index contributed by atoms with van der Waals surface area (Å²) in [5, 5.41) is 2.21. The molecule has 6 nitrogen and oxygen atoms in total. The molecule has 29 heavy (non-hydrogen) atoms. The summed E-state index contributed by atoms with van der Waals surface area (Å²) in [5.74, 6) is -3.41. The smallest absolute Gasteiger partial charge is 0.308 e. The van der Waals surface area contributed by atoms with Gasteiger partial charge < -0.3 is 15.0 Å². The molecule has 8 heteroatoms. The highest BCUT2D eigenvalue weighted by molar-refractivity contribution is 5.93. The third kappa shape index (κ3) is 4.84. The van der Waals surface area contributed by atoms with Gasteiger partial charge >= 0.3 is 5.97 Å². The van der Waals surface area contributed by atoms with Crippen molar-refractivity contribution in [3.05, 3.63) is 71.4 Å². The van der Waals surface area contributed by atoms with Gasteiger partial charge in [0.2, 0.25) is 5.91 Å². The lowest BCUT2D eigenvalue weighted by atomic mass is 9.94. The van der Waals surface area contributed by atoms with E-state index in [1.165, 1.54) is 11.8 Å². The average molecular weight is 400 g/mol. The van der Waals surface area contributed by atoms with E-state index in [1.807, 2.05) is 18.2 Å². The summed E-state index contributed by atoms with van der Waals surface area (Å²) in [6, 6.07) is 9.48. The van der Waals surface area contributed by atoms with E-state index in [0.717, 1.165) is 23.3 Å². The van der Waals surface area contributed by atoms with E-state index in [1.54, 1.807) is 18.3 Å². The lowest BCUT2D eigenvalue weighted by Gasteiger charge is -2.32. The Morgan fingerprint density at radius 1 is 1.14 bits per heavy atom. The highest BCUT2D eigenvalue weighted by atomic mass is 19.1. The van der Waals surface area contributed by atoms with Crippen LogP contribution in [-0.4, -0.2) is 29.3 Å². The molecule has 2 aromatic carbocycles. The summed E-state index contributed by atoms with van der Waals surface area (Å²) in [6.07, 6.45) is 3.23. The number of hydrogen-bond donors (Lipinski definition) is 1. The molecule has 1 N–H and O–H groups in total. The van der Waals surface area contributed by atoms with Crippen molar-refractivity contribution in [2.75, 3.05) is 11.9 Å². The predicted octanol–water partition coefficient (Wildman–Crippen LogP) is 3.41. The number of carbonyl (C=O) groups excluding carboxylic acids is 3. The molecule has 1 heterocycles. The van der Waals surface area contributed by atoms with E-state index in [-0.39, 0.29) is 18.0 Å². The second kappa shape index (κ2) is 8.64. The highest BCUT2D eigenvalue weighted by Gasteiger charge is 2.29. The van der Waals surface area contributed by atoms with Crippen LogP contribution in [0.2, 0.25) is 0 Å². The first-order chi connectivity index (χ1) is 13.8. The van der Waals surface area contributed by atoms with E-state index in [4.69, 9.17) is 4.74 Å². The fourth-order valence-corrected chi connectivity index (χ4v) is 3.05. The van der Waals surface area contributed by atoms with Crippen molar-refractivity contribution in [2.45, 2.75) is 19.4 Å². The second-order valence-electron chi connectivity index (χ2n) is 6.42. The van der Waals surface area contributed by atoms with Crippen molar-refractivity contribution < 1.29 is 27.9 Å². The lowest BCUT2D eigenvalue weighted by Crippen LogP contribution is -2.33. The normalized spacial score (nSPS) is 14.9. The van der Waals surface area contributed by atoms with Gasteiger partial charge in [0.05, 0.1) is 18.2 Å². The van der Waals surface area contributed by atoms with Crippen LogP contribution in [0, 0.1) is 11.6 Å². The van der Waals surface area contributed by atoms with Gasteiger partial charge in [-0.25, -0.2) is 8.78 Å². The van der Waals surface area contributed by atoms with Gasteiger partial charge in [-0.2, -0.15) is 0 Å². The fraction of sp³-hybridized carbons (Fsp3) is 0.190. The van der Waals surface area contributed by atoms with Crippen LogP contribution in [0.25, 0.3) is 6.08 Å². The van der Waals surface area contributed by atoms with Gasteiger partial charge in [0.15, 0.2) is 6.61 Å². The summed E-state index contributed by atoms with van der Waals surface area (Å²) >= 11 is 0. The molecule has 1 aliphatic heterocycles. The minimum atomic E-state index is -0.938. The molecular weight excluding hydrogens is 382 g/mol. The highest BCUT2D eigenvalue weighted by Crippen LogP contribution is 2.33. The van der Waals surface area contributed by atoms with E-state index in [9.17, 15) is 23.2 Å². The van der Waals surface area contributed by atoms with Gasteiger partial charge in [0.25, 0.3) is 5.91 Å². The third-order valence-electron chi connectivity index (χ3n) is 4.40. The molecule has 150 valence electrons. The Balaban J connectivity index is 1.61. The van der Waals surface area contributed by atoms with Crippen molar-refractivity contribution in [2.24, 2.45) is 0 Å². The number of nitrogens with zero attached hydrogens (tertiary/aromatic N) is 1. The molecule has 3 rings (SSSR count). The van der Waals surface area contributed by atoms with Gasteiger partial charge in [0.1, 0.15) is 11.6 Å². The molecule has 0 saturated carbocycles. The summed E-state index contributed by atoms with van der Waals surface area (Å²) in [4.78, 5) is 37.5. The molecule has 0 saturated heterocycles. The molecule has 0 bridgehead atoms. The zero-order valence-corrected chi connectivity index (χ0v) is 15.5. The summed E-state index contributed by atoms with van der Waals surface area (Å²) < 4.78 is 31.4. The van der Waals surface area contributed by atoms with Gasteiger partial charge in [-0.05, 0) is 29.3 Å². The third-order valence-corrected chi connectivity index (χ3v) is 4.40. The van der Waals surface area contributed by atoms with Crippen LogP contribution in [0.4, 0.5) is 14.5 Å². The number of nitrogens with one attached hydrogen (secondary N) is 1. The number of rotatable bonds is 5. The Bertz CT molecular complexity index is 990. The fourth-order valence-electron chi connectivity index (χ4n) is 3.05. The summed E-state index contributed by atoms with van der Waals surface area (Å²) in [7, 11) is 0. The number of hydrogen-bond acceptors (Lipinski definition) is 4. The largest absolute Gasteiger partial charge is 0.455 e. The van der Waals surface area contributed by atoms with Crippen molar-refractivity contribution >= 4 is 29.5 Å². The van der Waals surface area contributed by atoms with Crippen molar-refractivity contribution in [3.8, 4) is 0 Å². The molecule has 0 radical (unpaired) electrons. The maximum Gasteiger partial charge on any atom is 0.308 e. The number of esters is 1. The molecule has 1 aliphatic rings. The zero-order valence-electron chi connectivity index (χ0n) is 15.5. The average Bonchev–Trinajstić information content (AvgIpc) is 2.68. The van der Waals surface area contributed by atoms with E-state index >= 15 is 0 Å². The zero-order chi connectivity index (χ0) is 21.0. The quantitative estimate of drug-likeness (QED) is 0.781. The van der Waals surface area contributed by atoms with Gasteiger partial charge in [-0.15, -0.1) is 0 Å². The van der Waals surface area contributed by atoms with Crippen LogP contribution in [0.5, 0.6) is 0 Å². The van der Waals surface area contributed by atoms with Crippen LogP contribution in [0.3, 0.4) is 0 Å². The second-order valence-corrected chi connectivity index (χ2v) is 6.42. The van der Waals surface area contributed by atoms with Crippen molar-refractivity contribution in [1.29, 1.82) is 0 Å². The van der Waals surface area contributed by atoms with Crippen LogP contribution in [0.1, 0.15) is 30.5 Å². The number of amides is 2. The van der Waals surface area contributed by atoms with Gasteiger partial charge in [-0.3, -0.25) is 14.4 Å². The van der Waals surface area contributed by atoms with E-state index in [2.05, 4.69) is 5.32 Å². The maximum absolute atomic E-state index is 13.6. The first kappa shape index (κ1) is 20.2. The number of carbonyl (C=O) groups is 3. The number of halogens is 2. The molecule has 0 unspecified atom stereocenters. The SMILES string of the molecule is CC(=O)N1C=Cc2ccccc2[C@@H]1CC(=O)OCC(=O)Nc1ccc(F)cc1F. The molecule has 1 atom stereocenters. The molecular formula is C21H18F2N2O4. The molecule has 2 amide bonds. The molecule has 0 aromatic heterocycles.